The largest absolute Gasteiger partial charge is 0.393 e. The fourth-order valence-corrected chi connectivity index (χ4v) is 9.27. The lowest BCUT2D eigenvalue weighted by Gasteiger charge is -2.61. The highest BCUT2D eigenvalue weighted by Crippen LogP contribution is 2.68. The minimum absolute atomic E-state index is 0.0107. The molecule has 1 nitrogen and oxygen atoms in total. The van der Waals surface area contributed by atoms with Gasteiger partial charge in [-0.25, -0.2) is 0 Å². The topological polar surface area (TPSA) is 20.2 Å². The average Bonchev–Trinajstić information content (AvgIpc) is 3.03. The van der Waals surface area contributed by atoms with E-state index in [-0.39, 0.29) is 6.10 Å². The Morgan fingerprint density at radius 3 is 2.21 bits per heavy atom. The molecule has 0 heterocycles. The molecule has 0 amide bonds. The van der Waals surface area contributed by atoms with Crippen molar-refractivity contribution in [1.82, 2.24) is 0 Å². The molecule has 0 spiro atoms. The van der Waals surface area contributed by atoms with Crippen molar-refractivity contribution < 1.29 is 5.11 Å². The summed E-state index contributed by atoms with van der Waals surface area (Å²) in [5.41, 5.74) is 1.14. The van der Waals surface area contributed by atoms with E-state index in [2.05, 4.69) is 41.5 Å². The lowest BCUT2D eigenvalue weighted by molar-refractivity contribution is -0.129. The number of aliphatic hydroxyl groups is 1. The van der Waals surface area contributed by atoms with E-state index in [1.54, 1.807) is 0 Å². The van der Waals surface area contributed by atoms with Crippen LogP contribution in [0.4, 0.5) is 0 Å². The zero-order chi connectivity index (χ0) is 21.0. The van der Waals surface area contributed by atoms with E-state index >= 15 is 0 Å². The van der Waals surface area contributed by atoms with E-state index < -0.39 is 0 Å². The van der Waals surface area contributed by atoms with Crippen molar-refractivity contribution >= 4 is 0 Å². The van der Waals surface area contributed by atoms with Gasteiger partial charge in [0.05, 0.1) is 6.10 Å². The molecular formula is C28H50O. The number of aliphatic hydroxyl groups excluding tert-OH is 1. The Hall–Kier alpha value is -0.0400. The Bertz CT molecular complexity index is 569. The first kappa shape index (κ1) is 22.2. The van der Waals surface area contributed by atoms with Crippen molar-refractivity contribution in [3.05, 3.63) is 0 Å². The molecule has 1 heteroatoms. The summed E-state index contributed by atoms with van der Waals surface area (Å²) in [7, 11) is 0. The van der Waals surface area contributed by atoms with Crippen LogP contribution in [0, 0.1) is 58.2 Å². The third-order valence-electron chi connectivity index (χ3n) is 11.6. The van der Waals surface area contributed by atoms with Gasteiger partial charge in [-0.1, -0.05) is 54.4 Å². The minimum atomic E-state index is -0.0107. The van der Waals surface area contributed by atoms with Crippen LogP contribution < -0.4 is 0 Å². The van der Waals surface area contributed by atoms with Gasteiger partial charge in [0.15, 0.2) is 0 Å². The normalized spacial score (nSPS) is 49.2. The SMILES string of the molecule is CC(C)[C@@H](C)CC[C@@H](C)[C@@H]1CC[C@@H]2[C@@H]3CC[C@H]4C[C@H](O)CC[C@]4(C)[C@H]3CC[C@]21C. The fourth-order valence-electron chi connectivity index (χ4n) is 9.27. The van der Waals surface area contributed by atoms with E-state index in [0.717, 1.165) is 60.2 Å². The van der Waals surface area contributed by atoms with Gasteiger partial charge >= 0.3 is 0 Å². The van der Waals surface area contributed by atoms with Gasteiger partial charge in [0, 0.05) is 0 Å². The molecule has 0 aromatic carbocycles. The van der Waals surface area contributed by atoms with Gasteiger partial charge in [0.25, 0.3) is 0 Å². The summed E-state index contributed by atoms with van der Waals surface area (Å²) in [6, 6.07) is 0. The van der Waals surface area contributed by atoms with Crippen LogP contribution in [0.1, 0.15) is 112 Å². The standard InChI is InChI=1S/C28H50O/c1-18(2)19(3)7-8-20(4)24-11-12-25-23-10-9-21-17-22(29)13-15-27(21,5)26(23)14-16-28(24,25)6/h18-26,29H,7-17H2,1-6H3/t19-,20+,21-,22+,23-,24-,25+,26-,27-,28-/m0/s1. The summed E-state index contributed by atoms with van der Waals surface area (Å²) >= 11 is 0. The van der Waals surface area contributed by atoms with Gasteiger partial charge in [0.2, 0.25) is 0 Å². The van der Waals surface area contributed by atoms with Gasteiger partial charge < -0.3 is 5.11 Å². The number of fused-ring (bicyclic) bond motifs is 5. The number of rotatable bonds is 5. The van der Waals surface area contributed by atoms with Crippen molar-refractivity contribution in [2.75, 3.05) is 0 Å². The highest BCUT2D eigenvalue weighted by Gasteiger charge is 2.60. The summed E-state index contributed by atoms with van der Waals surface area (Å²) in [6.07, 6.45) is 15.1. The predicted molar refractivity (Wildman–Crippen MR) is 124 cm³/mol. The maximum Gasteiger partial charge on any atom is 0.0543 e. The Labute approximate surface area is 181 Å². The van der Waals surface area contributed by atoms with Crippen LogP contribution in [0.15, 0.2) is 0 Å². The molecule has 0 unspecified atom stereocenters. The molecule has 4 aliphatic rings. The van der Waals surface area contributed by atoms with Crippen LogP contribution in [0.2, 0.25) is 0 Å². The van der Waals surface area contributed by atoms with Crippen molar-refractivity contribution in [2.24, 2.45) is 58.2 Å². The first-order valence-electron chi connectivity index (χ1n) is 13.3. The van der Waals surface area contributed by atoms with Crippen molar-refractivity contribution in [3.8, 4) is 0 Å². The minimum Gasteiger partial charge on any atom is -0.393 e. The Kier molecular flexibility index (Phi) is 6.22. The second kappa shape index (κ2) is 8.14. The number of hydrogen-bond donors (Lipinski definition) is 1. The molecule has 4 rings (SSSR count). The smallest absolute Gasteiger partial charge is 0.0543 e. The van der Waals surface area contributed by atoms with Gasteiger partial charge in [-0.2, -0.15) is 0 Å². The third kappa shape index (κ3) is 3.74. The van der Waals surface area contributed by atoms with Crippen LogP contribution in [-0.4, -0.2) is 11.2 Å². The second-order valence-electron chi connectivity index (χ2n) is 13.1. The predicted octanol–water partition coefficient (Wildman–Crippen LogP) is 7.71. The molecule has 0 bridgehead atoms. The summed E-state index contributed by atoms with van der Waals surface area (Å²) in [5.74, 6) is 7.28. The van der Waals surface area contributed by atoms with Crippen LogP contribution >= 0.6 is 0 Å². The molecule has 4 fully saturated rings. The Morgan fingerprint density at radius 2 is 1.48 bits per heavy atom. The zero-order valence-corrected chi connectivity index (χ0v) is 20.4. The van der Waals surface area contributed by atoms with Gasteiger partial charge in [-0.3, -0.25) is 0 Å². The Morgan fingerprint density at radius 1 is 0.793 bits per heavy atom. The quantitative estimate of drug-likeness (QED) is 0.499. The van der Waals surface area contributed by atoms with E-state index in [0.29, 0.717) is 10.8 Å². The van der Waals surface area contributed by atoms with Crippen molar-refractivity contribution in [2.45, 2.75) is 118 Å². The van der Waals surface area contributed by atoms with E-state index in [1.807, 2.05) is 0 Å². The molecule has 29 heavy (non-hydrogen) atoms. The highest BCUT2D eigenvalue weighted by molar-refractivity contribution is 5.09. The van der Waals surface area contributed by atoms with Crippen molar-refractivity contribution in [3.63, 3.8) is 0 Å². The summed E-state index contributed by atoms with van der Waals surface area (Å²) in [6.45, 7) is 15.2. The molecule has 168 valence electrons. The molecular weight excluding hydrogens is 352 g/mol. The van der Waals surface area contributed by atoms with Crippen LogP contribution in [-0.2, 0) is 0 Å². The summed E-state index contributed by atoms with van der Waals surface area (Å²) in [4.78, 5) is 0. The first-order valence-corrected chi connectivity index (χ1v) is 13.3. The number of hydrogen-bond acceptors (Lipinski definition) is 1. The monoisotopic (exact) mass is 402 g/mol. The zero-order valence-electron chi connectivity index (χ0n) is 20.4. The van der Waals surface area contributed by atoms with Gasteiger partial charge in [0.1, 0.15) is 0 Å². The Balaban J connectivity index is 1.46. The maximum atomic E-state index is 10.3. The van der Waals surface area contributed by atoms with E-state index in [4.69, 9.17) is 0 Å². The second-order valence-corrected chi connectivity index (χ2v) is 13.1. The molecule has 0 radical (unpaired) electrons. The molecule has 0 aliphatic heterocycles. The molecule has 0 aromatic rings. The maximum absolute atomic E-state index is 10.3. The van der Waals surface area contributed by atoms with Crippen LogP contribution in [0.25, 0.3) is 0 Å². The van der Waals surface area contributed by atoms with E-state index in [9.17, 15) is 5.11 Å². The van der Waals surface area contributed by atoms with Gasteiger partial charge in [-0.05, 0) is 116 Å². The molecule has 4 aliphatic carbocycles. The molecule has 0 aromatic heterocycles. The third-order valence-corrected chi connectivity index (χ3v) is 11.6. The highest BCUT2D eigenvalue weighted by atomic mass is 16.3. The summed E-state index contributed by atoms with van der Waals surface area (Å²) < 4.78 is 0. The summed E-state index contributed by atoms with van der Waals surface area (Å²) in [5, 5.41) is 10.3. The van der Waals surface area contributed by atoms with Crippen LogP contribution in [0.3, 0.4) is 0 Å². The molecule has 1 N–H and O–H groups in total. The fraction of sp³-hybridized carbons (Fsp3) is 1.00. The van der Waals surface area contributed by atoms with Crippen LogP contribution in [0.5, 0.6) is 0 Å². The lowest BCUT2D eigenvalue weighted by atomic mass is 9.44. The average molecular weight is 403 g/mol. The van der Waals surface area contributed by atoms with Crippen molar-refractivity contribution in [1.29, 1.82) is 0 Å². The molecule has 4 saturated carbocycles. The van der Waals surface area contributed by atoms with Gasteiger partial charge in [-0.15, -0.1) is 0 Å². The van der Waals surface area contributed by atoms with E-state index in [1.165, 1.54) is 57.8 Å². The lowest BCUT2D eigenvalue weighted by Crippen LogP contribution is -2.54. The first-order chi connectivity index (χ1) is 13.7. The molecule has 0 saturated heterocycles. The molecule has 10 atom stereocenters.